The number of fused-ring (bicyclic) bond motifs is 1. The second kappa shape index (κ2) is 8.32. The Hall–Kier alpha value is -2.73. The average molecular weight is 489 g/mol. The van der Waals surface area contributed by atoms with Crippen molar-refractivity contribution in [2.45, 2.75) is 30.5 Å². The van der Waals surface area contributed by atoms with E-state index in [0.29, 0.717) is 32.3 Å². The quantitative estimate of drug-likeness (QED) is 0.259. The molecule has 4 rings (SSSR count). The number of thioether (sulfide) groups is 1. The Kier molecular flexibility index (Phi) is 5.84. The minimum absolute atomic E-state index is 0.0603. The van der Waals surface area contributed by atoms with Crippen LogP contribution in [-0.4, -0.2) is 47.4 Å². The van der Waals surface area contributed by atoms with Gasteiger partial charge in [0.05, 0.1) is 35.5 Å². The van der Waals surface area contributed by atoms with Crippen molar-refractivity contribution in [2.24, 2.45) is 0 Å². The maximum Gasteiger partial charge on any atom is 0.455 e. The number of rotatable bonds is 6. The van der Waals surface area contributed by atoms with Crippen LogP contribution in [0.15, 0.2) is 47.9 Å². The zero-order valence-corrected chi connectivity index (χ0v) is 17.9. The van der Waals surface area contributed by atoms with Gasteiger partial charge >= 0.3 is 12.1 Å². The largest absolute Gasteiger partial charge is 0.455 e. The molecule has 32 heavy (non-hydrogen) atoms. The zero-order chi connectivity index (χ0) is 23.1. The van der Waals surface area contributed by atoms with Crippen molar-refractivity contribution in [2.75, 3.05) is 5.75 Å². The van der Waals surface area contributed by atoms with E-state index >= 15 is 0 Å². The van der Waals surface area contributed by atoms with Gasteiger partial charge < -0.3 is 0 Å². The SMILES string of the molecule is CCSc1cc(-n2ccc(Cl)n2)cnc1-c1cc2cnn(CC(F)(F)C(F)(F)F)c2cn1. The number of aromatic nitrogens is 6. The Labute approximate surface area is 187 Å². The van der Waals surface area contributed by atoms with E-state index in [4.69, 9.17) is 11.6 Å². The summed E-state index contributed by atoms with van der Waals surface area (Å²) in [5.74, 6) is -4.17. The second-order valence-corrected chi connectivity index (χ2v) is 8.38. The molecule has 6 nitrogen and oxygen atoms in total. The summed E-state index contributed by atoms with van der Waals surface area (Å²) in [6.07, 6.45) is 0.0366. The summed E-state index contributed by atoms with van der Waals surface area (Å²) in [5.41, 5.74) is 1.71. The highest BCUT2D eigenvalue weighted by Crippen LogP contribution is 2.37. The number of nitrogens with zero attached hydrogens (tertiary/aromatic N) is 6. The monoisotopic (exact) mass is 488 g/mol. The fourth-order valence-electron chi connectivity index (χ4n) is 2.97. The van der Waals surface area contributed by atoms with E-state index in [0.717, 1.165) is 10.6 Å². The summed E-state index contributed by atoms with van der Waals surface area (Å²) in [7, 11) is 0. The molecule has 0 radical (unpaired) electrons. The van der Waals surface area contributed by atoms with E-state index in [9.17, 15) is 22.0 Å². The summed E-state index contributed by atoms with van der Waals surface area (Å²) in [4.78, 5) is 9.51. The Balaban J connectivity index is 1.71. The zero-order valence-electron chi connectivity index (χ0n) is 16.3. The van der Waals surface area contributed by atoms with Gasteiger partial charge in [0.15, 0.2) is 5.15 Å². The first kappa shape index (κ1) is 22.5. The summed E-state index contributed by atoms with van der Waals surface area (Å²) in [5, 5.41) is 8.53. The van der Waals surface area contributed by atoms with Crippen molar-refractivity contribution >= 4 is 34.3 Å². The van der Waals surface area contributed by atoms with Crippen LogP contribution in [0.4, 0.5) is 22.0 Å². The highest BCUT2D eigenvalue weighted by Gasteiger charge is 2.57. The Bertz CT molecular complexity index is 1270. The van der Waals surface area contributed by atoms with Crippen molar-refractivity contribution in [1.29, 1.82) is 0 Å². The Morgan fingerprint density at radius 1 is 1.06 bits per heavy atom. The molecule has 0 aliphatic carbocycles. The minimum Gasteiger partial charge on any atom is -0.257 e. The highest BCUT2D eigenvalue weighted by molar-refractivity contribution is 7.99. The van der Waals surface area contributed by atoms with Crippen LogP contribution in [0.3, 0.4) is 0 Å². The Morgan fingerprint density at radius 2 is 1.84 bits per heavy atom. The van der Waals surface area contributed by atoms with E-state index in [1.807, 2.05) is 13.0 Å². The molecule has 0 aliphatic rings. The molecule has 4 aromatic rings. The van der Waals surface area contributed by atoms with Crippen LogP contribution < -0.4 is 0 Å². The van der Waals surface area contributed by atoms with Crippen LogP contribution in [0.5, 0.6) is 0 Å². The van der Waals surface area contributed by atoms with Crippen molar-refractivity contribution in [3.63, 3.8) is 0 Å². The summed E-state index contributed by atoms with van der Waals surface area (Å²) < 4.78 is 66.7. The summed E-state index contributed by atoms with van der Waals surface area (Å²) in [6.45, 7) is 0.338. The van der Waals surface area contributed by atoms with Gasteiger partial charge in [0.1, 0.15) is 12.2 Å². The van der Waals surface area contributed by atoms with Crippen LogP contribution in [0.25, 0.3) is 28.0 Å². The lowest BCUT2D eigenvalue weighted by atomic mass is 10.2. The standard InChI is InChI=1S/C19H14ClF5N6S/c1-2-32-15-6-12(30-4-3-16(20)29-30)8-27-17(15)13-5-11-7-28-31(14(11)9-26-13)10-18(21,22)19(23,24)25/h3-9H,2,10H2,1H3. The molecule has 0 aromatic carbocycles. The van der Waals surface area contributed by atoms with E-state index in [1.165, 1.54) is 24.2 Å². The molecule has 4 heterocycles. The predicted octanol–water partition coefficient (Wildman–Crippen LogP) is 5.64. The molecular formula is C19H14ClF5N6S. The third-order valence-electron chi connectivity index (χ3n) is 4.49. The van der Waals surface area contributed by atoms with Gasteiger partial charge in [-0.1, -0.05) is 18.5 Å². The number of hydrogen-bond acceptors (Lipinski definition) is 5. The van der Waals surface area contributed by atoms with Crippen molar-refractivity contribution in [1.82, 2.24) is 29.5 Å². The number of hydrogen-bond donors (Lipinski definition) is 0. The maximum atomic E-state index is 13.4. The molecule has 0 bridgehead atoms. The molecule has 13 heteroatoms. The fraction of sp³-hybridized carbons (Fsp3) is 0.263. The van der Waals surface area contributed by atoms with Crippen molar-refractivity contribution < 1.29 is 22.0 Å². The van der Waals surface area contributed by atoms with Gasteiger partial charge in [0, 0.05) is 16.5 Å². The lowest BCUT2D eigenvalue weighted by Crippen LogP contribution is -2.40. The second-order valence-electron chi connectivity index (χ2n) is 6.69. The molecule has 0 N–H and O–H groups in total. The van der Waals surface area contributed by atoms with Crippen LogP contribution in [-0.2, 0) is 6.54 Å². The predicted molar refractivity (Wildman–Crippen MR) is 110 cm³/mol. The van der Waals surface area contributed by atoms with Gasteiger partial charge in [-0.05, 0) is 24.0 Å². The van der Waals surface area contributed by atoms with E-state index < -0.39 is 18.6 Å². The molecule has 0 atom stereocenters. The van der Waals surface area contributed by atoms with Gasteiger partial charge in [0.2, 0.25) is 0 Å². The molecule has 0 saturated carbocycles. The summed E-state index contributed by atoms with van der Waals surface area (Å²) in [6, 6.07) is 5.05. The molecule has 168 valence electrons. The molecule has 0 saturated heterocycles. The lowest BCUT2D eigenvalue weighted by molar-refractivity contribution is -0.287. The van der Waals surface area contributed by atoms with Crippen LogP contribution in [0.2, 0.25) is 5.15 Å². The van der Waals surface area contributed by atoms with E-state index in [1.54, 1.807) is 29.2 Å². The third kappa shape index (κ3) is 4.29. The first-order valence-corrected chi connectivity index (χ1v) is 10.6. The smallest absolute Gasteiger partial charge is 0.257 e. The van der Waals surface area contributed by atoms with Crippen LogP contribution in [0, 0.1) is 0 Å². The van der Waals surface area contributed by atoms with Crippen molar-refractivity contribution in [3.05, 3.63) is 48.1 Å². The first-order valence-electron chi connectivity index (χ1n) is 9.20. The first-order chi connectivity index (χ1) is 15.1. The Morgan fingerprint density at radius 3 is 2.50 bits per heavy atom. The normalized spacial score (nSPS) is 12.6. The molecular weight excluding hydrogens is 475 g/mol. The minimum atomic E-state index is -5.67. The molecule has 0 spiro atoms. The fourth-order valence-corrected chi connectivity index (χ4v) is 3.92. The number of alkyl halides is 5. The molecule has 0 aliphatic heterocycles. The molecule has 0 unspecified atom stereocenters. The molecule has 0 fully saturated rings. The lowest BCUT2D eigenvalue weighted by Gasteiger charge is -2.19. The van der Waals surface area contributed by atoms with Gasteiger partial charge in [0.25, 0.3) is 0 Å². The third-order valence-corrected chi connectivity index (χ3v) is 5.61. The number of halogens is 6. The highest BCUT2D eigenvalue weighted by atomic mass is 35.5. The topological polar surface area (TPSA) is 61.4 Å². The van der Waals surface area contributed by atoms with Crippen LogP contribution >= 0.6 is 23.4 Å². The average Bonchev–Trinajstić information content (AvgIpc) is 3.33. The van der Waals surface area contributed by atoms with Gasteiger partial charge in [-0.15, -0.1) is 11.8 Å². The van der Waals surface area contributed by atoms with E-state index in [2.05, 4.69) is 20.2 Å². The van der Waals surface area contributed by atoms with Gasteiger partial charge in [-0.25, -0.2) is 4.68 Å². The van der Waals surface area contributed by atoms with Gasteiger partial charge in [-0.2, -0.15) is 32.1 Å². The van der Waals surface area contributed by atoms with Crippen molar-refractivity contribution in [3.8, 4) is 17.1 Å². The molecule has 0 amide bonds. The van der Waals surface area contributed by atoms with Gasteiger partial charge in [-0.3, -0.25) is 14.6 Å². The summed E-state index contributed by atoms with van der Waals surface area (Å²) >= 11 is 7.39. The van der Waals surface area contributed by atoms with E-state index in [-0.39, 0.29) is 5.52 Å². The maximum absolute atomic E-state index is 13.4. The molecule has 4 aromatic heterocycles. The number of pyridine rings is 2. The van der Waals surface area contributed by atoms with Crippen LogP contribution in [0.1, 0.15) is 6.92 Å².